The Morgan fingerprint density at radius 2 is 1.64 bits per heavy atom. The summed E-state index contributed by atoms with van der Waals surface area (Å²) in [6.07, 6.45) is 3.04. The largest absolute Gasteiger partial charge is 0.421 e. The van der Waals surface area contributed by atoms with Crippen LogP contribution >= 0.6 is 0 Å². The number of piperazine rings is 1. The van der Waals surface area contributed by atoms with Gasteiger partial charge in [-0.25, -0.2) is 4.98 Å². The van der Waals surface area contributed by atoms with E-state index in [2.05, 4.69) is 30.8 Å². The molecule has 2 amide bonds. The third-order valence-electron chi connectivity index (χ3n) is 8.53. The van der Waals surface area contributed by atoms with Gasteiger partial charge in [-0.1, -0.05) is 19.3 Å². The van der Waals surface area contributed by atoms with E-state index in [9.17, 15) is 22.8 Å². The van der Waals surface area contributed by atoms with Crippen LogP contribution < -0.4 is 16.0 Å². The van der Waals surface area contributed by atoms with Crippen LogP contribution in [0, 0.1) is 5.92 Å². The van der Waals surface area contributed by atoms with Gasteiger partial charge in [0.2, 0.25) is 11.9 Å². The molecule has 0 bridgehead atoms. The smallest absolute Gasteiger partial charge is 0.366 e. The van der Waals surface area contributed by atoms with Gasteiger partial charge < -0.3 is 20.9 Å². The van der Waals surface area contributed by atoms with Crippen LogP contribution in [0.15, 0.2) is 30.5 Å². The summed E-state index contributed by atoms with van der Waals surface area (Å²) < 4.78 is 41.5. The lowest BCUT2D eigenvalue weighted by molar-refractivity contribution is -0.137. The Kier molecular flexibility index (Phi) is 9.19. The Bertz CT molecular complexity index is 1240. The Morgan fingerprint density at radius 3 is 2.29 bits per heavy atom. The van der Waals surface area contributed by atoms with Crippen LogP contribution in [0.1, 0.15) is 74.7 Å². The monoisotopic (exact) mass is 587 g/mol. The van der Waals surface area contributed by atoms with Gasteiger partial charge in [-0.2, -0.15) is 18.2 Å². The summed E-state index contributed by atoms with van der Waals surface area (Å²) in [4.78, 5) is 38.2. The number of hydrogen-bond acceptors (Lipinski definition) is 7. The van der Waals surface area contributed by atoms with Crippen molar-refractivity contribution in [1.82, 2.24) is 25.1 Å². The van der Waals surface area contributed by atoms with E-state index in [-0.39, 0.29) is 29.6 Å². The lowest BCUT2D eigenvalue weighted by Crippen LogP contribution is -2.51. The predicted octanol–water partition coefficient (Wildman–Crippen LogP) is 5.04. The molecule has 2 aliphatic carbocycles. The van der Waals surface area contributed by atoms with Crippen LogP contribution in [-0.2, 0) is 11.0 Å². The molecule has 2 aromatic rings. The van der Waals surface area contributed by atoms with Gasteiger partial charge in [-0.15, -0.1) is 0 Å². The second-order valence-electron chi connectivity index (χ2n) is 11.9. The SMILES string of the molecule is CC(C)NC(=O)[C@H]1CCC[C@H]1Nc1nc(Nc2ccc(C(=O)N3CCN(C4CCCC4)CC3)cc2)ncc1C(F)(F)F. The Morgan fingerprint density at radius 1 is 0.952 bits per heavy atom. The van der Waals surface area contributed by atoms with Gasteiger partial charge in [-0.05, 0) is 63.8 Å². The minimum atomic E-state index is -4.67. The Balaban J connectivity index is 1.24. The molecular weight excluding hydrogens is 547 g/mol. The average Bonchev–Trinajstić information content (AvgIpc) is 3.65. The van der Waals surface area contributed by atoms with Crippen LogP contribution in [0.3, 0.4) is 0 Å². The highest BCUT2D eigenvalue weighted by Gasteiger charge is 2.39. The summed E-state index contributed by atoms with van der Waals surface area (Å²) in [6, 6.07) is 6.91. The molecule has 228 valence electrons. The zero-order valence-electron chi connectivity index (χ0n) is 24.2. The van der Waals surface area contributed by atoms with E-state index < -0.39 is 23.7 Å². The maximum atomic E-state index is 13.8. The zero-order valence-corrected chi connectivity index (χ0v) is 24.2. The zero-order chi connectivity index (χ0) is 29.9. The summed E-state index contributed by atoms with van der Waals surface area (Å²) in [6.45, 7) is 6.87. The molecule has 1 saturated heterocycles. The number of carbonyl (C=O) groups excluding carboxylic acids is 2. The minimum absolute atomic E-state index is 0.0196. The van der Waals surface area contributed by atoms with Gasteiger partial charge in [0, 0.05) is 61.8 Å². The first kappa shape index (κ1) is 30.1. The summed E-state index contributed by atoms with van der Waals surface area (Å²) >= 11 is 0. The fourth-order valence-electron chi connectivity index (χ4n) is 6.34. The van der Waals surface area contributed by atoms with Crippen molar-refractivity contribution in [3.63, 3.8) is 0 Å². The van der Waals surface area contributed by atoms with Gasteiger partial charge >= 0.3 is 6.18 Å². The van der Waals surface area contributed by atoms with Crippen molar-refractivity contribution in [3.8, 4) is 0 Å². The van der Waals surface area contributed by atoms with Crippen LogP contribution in [0.25, 0.3) is 0 Å². The highest BCUT2D eigenvalue weighted by molar-refractivity contribution is 5.94. The topological polar surface area (TPSA) is 102 Å². The molecule has 12 heteroatoms. The molecule has 3 aliphatic rings. The number of halogens is 3. The predicted molar refractivity (Wildman–Crippen MR) is 155 cm³/mol. The van der Waals surface area contributed by atoms with Gasteiger partial charge in [0.05, 0.1) is 5.92 Å². The third-order valence-corrected chi connectivity index (χ3v) is 8.53. The molecule has 42 heavy (non-hydrogen) atoms. The third kappa shape index (κ3) is 7.14. The maximum Gasteiger partial charge on any atom is 0.421 e. The number of rotatable bonds is 8. The highest BCUT2D eigenvalue weighted by Crippen LogP contribution is 2.37. The van der Waals surface area contributed by atoms with E-state index in [1.54, 1.807) is 24.3 Å². The molecule has 5 rings (SSSR count). The quantitative estimate of drug-likeness (QED) is 0.398. The van der Waals surface area contributed by atoms with E-state index >= 15 is 0 Å². The van der Waals surface area contributed by atoms with Crippen molar-refractivity contribution in [2.24, 2.45) is 5.92 Å². The molecule has 1 aliphatic heterocycles. The number of hydrogen-bond donors (Lipinski definition) is 3. The number of nitrogens with zero attached hydrogens (tertiary/aromatic N) is 4. The van der Waals surface area contributed by atoms with Crippen LogP contribution in [0.5, 0.6) is 0 Å². The first-order valence-corrected chi connectivity index (χ1v) is 15.0. The van der Waals surface area contributed by atoms with Crippen molar-refractivity contribution < 1.29 is 22.8 Å². The van der Waals surface area contributed by atoms with E-state index in [1.165, 1.54) is 25.7 Å². The number of nitrogens with one attached hydrogen (secondary N) is 3. The van der Waals surface area contributed by atoms with E-state index in [1.807, 2.05) is 18.7 Å². The van der Waals surface area contributed by atoms with E-state index in [0.717, 1.165) is 25.7 Å². The minimum Gasteiger partial charge on any atom is -0.366 e. The van der Waals surface area contributed by atoms with Gasteiger partial charge in [-0.3, -0.25) is 14.5 Å². The summed E-state index contributed by atoms with van der Waals surface area (Å²) in [7, 11) is 0. The van der Waals surface area contributed by atoms with Crippen molar-refractivity contribution >= 4 is 29.3 Å². The number of benzene rings is 1. The average molecular weight is 588 g/mol. The molecule has 0 radical (unpaired) electrons. The second-order valence-corrected chi connectivity index (χ2v) is 11.9. The summed E-state index contributed by atoms with van der Waals surface area (Å²) in [5.41, 5.74) is 0.104. The van der Waals surface area contributed by atoms with E-state index in [4.69, 9.17) is 0 Å². The van der Waals surface area contributed by atoms with Crippen LogP contribution in [0.4, 0.5) is 30.6 Å². The number of amides is 2. The molecule has 1 aromatic carbocycles. The van der Waals surface area contributed by atoms with Crippen LogP contribution in [-0.4, -0.2) is 75.9 Å². The van der Waals surface area contributed by atoms with Gasteiger partial charge in [0.15, 0.2) is 0 Å². The molecule has 3 fully saturated rings. The van der Waals surface area contributed by atoms with Gasteiger partial charge in [0.25, 0.3) is 5.91 Å². The summed E-state index contributed by atoms with van der Waals surface area (Å²) in [5, 5.41) is 8.71. The molecule has 0 unspecified atom stereocenters. The molecule has 0 spiro atoms. The first-order chi connectivity index (χ1) is 20.1. The Labute approximate surface area is 244 Å². The van der Waals surface area contributed by atoms with Crippen molar-refractivity contribution in [1.29, 1.82) is 0 Å². The van der Waals surface area contributed by atoms with Crippen molar-refractivity contribution in [3.05, 3.63) is 41.6 Å². The van der Waals surface area contributed by atoms with Crippen molar-refractivity contribution in [2.75, 3.05) is 36.8 Å². The second kappa shape index (κ2) is 12.8. The molecule has 2 saturated carbocycles. The Hall–Kier alpha value is -3.41. The molecule has 2 atom stereocenters. The fourth-order valence-corrected chi connectivity index (χ4v) is 6.34. The van der Waals surface area contributed by atoms with E-state index in [0.29, 0.717) is 43.2 Å². The molecule has 3 N–H and O–H groups in total. The highest BCUT2D eigenvalue weighted by atomic mass is 19.4. The number of alkyl halides is 3. The number of anilines is 3. The molecule has 2 heterocycles. The lowest BCUT2D eigenvalue weighted by Gasteiger charge is -2.38. The van der Waals surface area contributed by atoms with Crippen molar-refractivity contribution in [2.45, 2.75) is 83.1 Å². The fraction of sp³-hybridized carbons (Fsp3) is 0.600. The maximum absolute atomic E-state index is 13.8. The molecule has 9 nitrogen and oxygen atoms in total. The lowest BCUT2D eigenvalue weighted by atomic mass is 10.0. The number of aromatic nitrogens is 2. The molecular formula is C30H40F3N7O2. The first-order valence-electron chi connectivity index (χ1n) is 15.0. The summed E-state index contributed by atoms with van der Waals surface area (Å²) in [5.74, 6) is -1.04. The normalized spacial score (nSPS) is 22.0. The standard InChI is InChI=1S/C30H40F3N7O2/c1-19(2)35-27(41)23-8-5-9-25(23)37-26-24(30(31,32)33)18-34-29(38-26)36-21-12-10-20(11-13-21)28(42)40-16-14-39(15-17-40)22-6-3-4-7-22/h10-13,18-19,22-23,25H,3-9,14-17H2,1-2H3,(H,35,41)(H2,34,36,37,38)/t23-,25+/m0/s1. The van der Waals surface area contributed by atoms with Crippen LogP contribution in [0.2, 0.25) is 0 Å². The van der Waals surface area contributed by atoms with Gasteiger partial charge in [0.1, 0.15) is 11.4 Å². The number of carbonyl (C=O) groups is 2. The molecule has 1 aromatic heterocycles.